The first-order valence-corrected chi connectivity index (χ1v) is 12.4. The molecule has 3 amide bonds. The van der Waals surface area contributed by atoms with Gasteiger partial charge in [0.2, 0.25) is 5.91 Å². The molecule has 1 aromatic carbocycles. The van der Waals surface area contributed by atoms with Gasteiger partial charge in [-0.1, -0.05) is 36.8 Å². The monoisotopic (exact) mass is 453 g/mol. The number of carbonyl (C=O) groups is 2. The molecule has 0 spiro atoms. The highest BCUT2D eigenvalue weighted by atomic mass is 32.2. The van der Waals surface area contributed by atoms with Crippen molar-refractivity contribution in [2.45, 2.75) is 49.6 Å². The predicted molar refractivity (Wildman–Crippen MR) is 128 cm³/mol. The number of hydrogen-bond acceptors (Lipinski definition) is 5. The van der Waals surface area contributed by atoms with Crippen LogP contribution >= 0.6 is 11.8 Å². The molecular formula is C24H31N5O2S. The van der Waals surface area contributed by atoms with E-state index in [4.69, 9.17) is 0 Å². The third-order valence-corrected chi connectivity index (χ3v) is 7.46. The maximum absolute atomic E-state index is 12.1. The van der Waals surface area contributed by atoms with Gasteiger partial charge in [-0.15, -0.1) is 0 Å². The topological polar surface area (TPSA) is 95.2 Å². The average Bonchev–Trinajstić information content (AvgIpc) is 3.37. The first kappa shape index (κ1) is 22.6. The summed E-state index contributed by atoms with van der Waals surface area (Å²) >= 11 is 1.92. The summed E-state index contributed by atoms with van der Waals surface area (Å²) in [5.74, 6) is 1.09. The molecule has 1 aromatic heterocycles. The second-order valence-corrected chi connectivity index (χ2v) is 9.58. The Morgan fingerprint density at radius 1 is 1.09 bits per heavy atom. The van der Waals surface area contributed by atoms with E-state index in [1.807, 2.05) is 30.0 Å². The van der Waals surface area contributed by atoms with E-state index in [0.717, 1.165) is 49.4 Å². The van der Waals surface area contributed by atoms with Gasteiger partial charge in [0.05, 0.1) is 17.8 Å². The molecule has 0 bridgehead atoms. The molecule has 2 saturated heterocycles. The van der Waals surface area contributed by atoms with Crippen LogP contribution in [0.4, 0.5) is 4.79 Å². The summed E-state index contributed by atoms with van der Waals surface area (Å²) in [6.07, 6.45) is 5.30. The van der Waals surface area contributed by atoms with Crippen molar-refractivity contribution in [1.82, 2.24) is 26.3 Å². The maximum Gasteiger partial charge on any atom is 0.315 e. The van der Waals surface area contributed by atoms with E-state index in [1.54, 1.807) is 6.20 Å². The molecule has 0 radical (unpaired) electrons. The zero-order valence-corrected chi connectivity index (χ0v) is 19.0. The van der Waals surface area contributed by atoms with Gasteiger partial charge >= 0.3 is 6.03 Å². The standard InChI is InChI=1S/C24H31N5O2S/c30-22(7-2-1-6-21-23-20(16-32-21)28-24(31)29-23)27-14-13-25-15-17-8-10-18(11-9-17)19-5-3-4-12-26-19/h3-5,8-12,20-21,23,25H,1-2,6-7,13-16H2,(H,27,30)(H2,28,29,31)/t20-,21-,23-/m1/s1. The number of unbranched alkanes of at least 4 members (excludes halogenated alkanes) is 1. The fourth-order valence-electron chi connectivity index (χ4n) is 4.21. The van der Waals surface area contributed by atoms with Gasteiger partial charge in [-0.25, -0.2) is 4.79 Å². The lowest BCUT2D eigenvalue weighted by Gasteiger charge is -2.16. The number of carbonyl (C=O) groups excluding carboxylic acids is 2. The number of rotatable bonds is 11. The number of benzene rings is 1. The molecule has 2 aliphatic rings. The van der Waals surface area contributed by atoms with E-state index >= 15 is 0 Å². The minimum atomic E-state index is -0.0419. The van der Waals surface area contributed by atoms with Crippen LogP contribution in [0.25, 0.3) is 11.3 Å². The van der Waals surface area contributed by atoms with Crippen molar-refractivity contribution in [3.8, 4) is 11.3 Å². The van der Waals surface area contributed by atoms with Gasteiger partial charge in [-0.3, -0.25) is 9.78 Å². The normalized spacial score (nSPS) is 21.6. The van der Waals surface area contributed by atoms with E-state index in [1.165, 1.54) is 5.56 Å². The third-order valence-electron chi connectivity index (χ3n) is 5.95. The molecule has 3 heterocycles. The van der Waals surface area contributed by atoms with Crippen LogP contribution in [0, 0.1) is 0 Å². The Labute approximate surface area is 193 Å². The van der Waals surface area contributed by atoms with Crippen molar-refractivity contribution >= 4 is 23.7 Å². The molecular weight excluding hydrogens is 422 g/mol. The molecule has 8 heteroatoms. The minimum absolute atomic E-state index is 0.0419. The van der Waals surface area contributed by atoms with Gasteiger partial charge in [0.1, 0.15) is 0 Å². The maximum atomic E-state index is 12.1. The number of nitrogens with one attached hydrogen (secondary N) is 4. The Bertz CT molecular complexity index is 893. The zero-order valence-electron chi connectivity index (χ0n) is 18.2. The lowest BCUT2D eigenvalue weighted by atomic mass is 10.0. The number of pyridine rings is 1. The van der Waals surface area contributed by atoms with Crippen molar-refractivity contribution in [3.05, 3.63) is 54.2 Å². The Hall–Kier alpha value is -2.58. The molecule has 0 aliphatic carbocycles. The number of thioether (sulfide) groups is 1. The van der Waals surface area contributed by atoms with Crippen LogP contribution in [-0.2, 0) is 11.3 Å². The van der Waals surface area contributed by atoms with E-state index in [2.05, 4.69) is 50.5 Å². The quantitative estimate of drug-likeness (QED) is 0.310. The van der Waals surface area contributed by atoms with Crippen LogP contribution in [0.1, 0.15) is 31.2 Å². The van der Waals surface area contributed by atoms with Crippen LogP contribution in [0.5, 0.6) is 0 Å². The van der Waals surface area contributed by atoms with Gasteiger partial charge in [-0.2, -0.15) is 11.8 Å². The first-order chi connectivity index (χ1) is 15.7. The molecule has 170 valence electrons. The highest BCUT2D eigenvalue weighted by molar-refractivity contribution is 8.00. The number of aromatic nitrogens is 1. The van der Waals surface area contributed by atoms with Crippen molar-refractivity contribution in [2.75, 3.05) is 18.8 Å². The molecule has 3 atom stereocenters. The molecule has 0 saturated carbocycles. The van der Waals surface area contributed by atoms with Crippen LogP contribution in [0.15, 0.2) is 48.7 Å². The Kier molecular flexibility index (Phi) is 8.01. The number of nitrogens with zero attached hydrogens (tertiary/aromatic N) is 1. The second kappa shape index (κ2) is 11.3. The van der Waals surface area contributed by atoms with E-state index in [9.17, 15) is 9.59 Å². The van der Waals surface area contributed by atoms with E-state index in [0.29, 0.717) is 18.2 Å². The lowest BCUT2D eigenvalue weighted by Crippen LogP contribution is -2.36. The number of urea groups is 1. The zero-order chi connectivity index (χ0) is 22.2. The number of hydrogen-bond donors (Lipinski definition) is 4. The molecule has 0 unspecified atom stereocenters. The van der Waals surface area contributed by atoms with Gasteiger partial charge < -0.3 is 21.3 Å². The largest absolute Gasteiger partial charge is 0.355 e. The van der Waals surface area contributed by atoms with Crippen LogP contribution in [-0.4, -0.2) is 53.1 Å². The summed E-state index contributed by atoms with van der Waals surface area (Å²) in [4.78, 5) is 27.8. The highest BCUT2D eigenvalue weighted by Gasteiger charge is 2.42. The Balaban J connectivity index is 1.04. The summed E-state index contributed by atoms with van der Waals surface area (Å²) in [5.41, 5.74) is 3.29. The fraction of sp³-hybridized carbons (Fsp3) is 0.458. The van der Waals surface area contributed by atoms with Crippen molar-refractivity contribution in [1.29, 1.82) is 0 Å². The Morgan fingerprint density at radius 3 is 2.78 bits per heavy atom. The molecule has 7 nitrogen and oxygen atoms in total. The second-order valence-electron chi connectivity index (χ2n) is 8.31. The van der Waals surface area contributed by atoms with Gasteiger partial charge in [0, 0.05) is 48.8 Å². The third kappa shape index (κ3) is 6.23. The van der Waals surface area contributed by atoms with E-state index < -0.39 is 0 Å². The summed E-state index contributed by atoms with van der Waals surface area (Å²) < 4.78 is 0. The summed E-state index contributed by atoms with van der Waals surface area (Å²) in [6.45, 7) is 2.14. The molecule has 2 aromatic rings. The van der Waals surface area contributed by atoms with Gasteiger partial charge in [0.15, 0.2) is 0 Å². The first-order valence-electron chi connectivity index (χ1n) is 11.4. The molecule has 2 fully saturated rings. The number of amides is 3. The van der Waals surface area contributed by atoms with Crippen molar-refractivity contribution in [3.63, 3.8) is 0 Å². The van der Waals surface area contributed by atoms with Crippen LogP contribution in [0.2, 0.25) is 0 Å². The highest BCUT2D eigenvalue weighted by Crippen LogP contribution is 2.33. The average molecular weight is 454 g/mol. The van der Waals surface area contributed by atoms with Crippen molar-refractivity contribution in [2.24, 2.45) is 0 Å². The van der Waals surface area contributed by atoms with Crippen LogP contribution in [0.3, 0.4) is 0 Å². The summed E-state index contributed by atoms with van der Waals surface area (Å²) in [5, 5.41) is 12.8. The predicted octanol–water partition coefficient (Wildman–Crippen LogP) is 2.68. The molecule has 4 N–H and O–H groups in total. The lowest BCUT2D eigenvalue weighted by molar-refractivity contribution is -0.121. The summed E-state index contributed by atoms with van der Waals surface area (Å²) in [6, 6.07) is 14.8. The number of fused-ring (bicyclic) bond motifs is 1. The van der Waals surface area contributed by atoms with Gasteiger partial charge in [-0.05, 0) is 30.5 Å². The summed E-state index contributed by atoms with van der Waals surface area (Å²) in [7, 11) is 0. The molecule has 2 aliphatic heterocycles. The van der Waals surface area contributed by atoms with E-state index in [-0.39, 0.29) is 24.0 Å². The smallest absolute Gasteiger partial charge is 0.315 e. The van der Waals surface area contributed by atoms with Crippen molar-refractivity contribution < 1.29 is 9.59 Å². The molecule has 4 rings (SSSR count). The van der Waals surface area contributed by atoms with Gasteiger partial charge in [0.25, 0.3) is 0 Å². The minimum Gasteiger partial charge on any atom is -0.355 e. The SMILES string of the molecule is O=C(CCCC[C@H]1SC[C@H]2NC(=O)N[C@H]21)NCCNCc1ccc(-c2ccccn2)cc1. The van der Waals surface area contributed by atoms with Crippen LogP contribution < -0.4 is 21.3 Å². The fourth-order valence-corrected chi connectivity index (χ4v) is 5.76. The Morgan fingerprint density at radius 2 is 1.97 bits per heavy atom. The molecule has 32 heavy (non-hydrogen) atoms.